The first-order valence-corrected chi connectivity index (χ1v) is 6.79. The van der Waals surface area contributed by atoms with E-state index in [-0.39, 0.29) is 24.1 Å². The Labute approximate surface area is 122 Å². The average molecular weight is 290 g/mol. The number of imide groups is 1. The maximum Gasteiger partial charge on any atom is 0.251 e. The molecular weight excluding hydrogens is 272 g/mol. The largest absolute Gasteiger partial charge is 0.397 e. The molecule has 1 aliphatic heterocycles. The molecule has 112 valence electrons. The van der Waals surface area contributed by atoms with Crippen LogP contribution in [-0.2, 0) is 9.59 Å². The molecule has 0 spiro atoms. The Hall–Kier alpha value is -2.57. The van der Waals surface area contributed by atoms with Gasteiger partial charge in [-0.2, -0.15) is 0 Å². The third kappa shape index (κ3) is 3.50. The molecule has 2 rings (SSSR count). The molecule has 7 heteroatoms. The monoisotopic (exact) mass is 290 g/mol. The minimum Gasteiger partial charge on any atom is -0.397 e. The zero-order valence-corrected chi connectivity index (χ0v) is 11.7. The summed E-state index contributed by atoms with van der Waals surface area (Å²) in [6.07, 6.45) is 0.675. The number of piperidine rings is 1. The van der Waals surface area contributed by atoms with Crippen LogP contribution in [0, 0.1) is 0 Å². The normalized spacial score (nSPS) is 18.0. The summed E-state index contributed by atoms with van der Waals surface area (Å²) < 4.78 is 0. The molecule has 0 bridgehead atoms. The van der Waals surface area contributed by atoms with E-state index < -0.39 is 6.04 Å². The van der Waals surface area contributed by atoms with Crippen molar-refractivity contribution in [2.75, 3.05) is 17.6 Å². The number of amides is 3. The minimum absolute atomic E-state index is 0.205. The summed E-state index contributed by atoms with van der Waals surface area (Å²) in [4.78, 5) is 34.6. The summed E-state index contributed by atoms with van der Waals surface area (Å²) in [5.74, 6) is -0.861. The Balaban J connectivity index is 2.15. The number of hydrogen-bond donors (Lipinski definition) is 4. The molecule has 1 saturated heterocycles. The lowest BCUT2D eigenvalue weighted by Crippen LogP contribution is -2.47. The summed E-state index contributed by atoms with van der Waals surface area (Å²) in [6.45, 7) is 2.36. The molecule has 1 atom stereocenters. The van der Waals surface area contributed by atoms with Crippen molar-refractivity contribution in [3.63, 3.8) is 0 Å². The fraction of sp³-hybridized carbons (Fsp3) is 0.357. The van der Waals surface area contributed by atoms with E-state index in [0.717, 1.165) is 0 Å². The summed E-state index contributed by atoms with van der Waals surface area (Å²) in [7, 11) is 0. The van der Waals surface area contributed by atoms with E-state index in [1.165, 1.54) is 0 Å². The molecule has 5 N–H and O–H groups in total. The van der Waals surface area contributed by atoms with Crippen molar-refractivity contribution in [1.82, 2.24) is 10.6 Å². The number of nitrogens with two attached hydrogens (primary N) is 1. The fourth-order valence-electron chi connectivity index (χ4n) is 2.10. The van der Waals surface area contributed by atoms with Gasteiger partial charge >= 0.3 is 0 Å². The fourth-order valence-corrected chi connectivity index (χ4v) is 2.10. The van der Waals surface area contributed by atoms with Gasteiger partial charge in [-0.3, -0.25) is 19.7 Å². The maximum atomic E-state index is 11.8. The second-order valence-corrected chi connectivity index (χ2v) is 4.81. The Bertz CT molecular complexity index is 586. The predicted molar refractivity (Wildman–Crippen MR) is 78.7 cm³/mol. The van der Waals surface area contributed by atoms with E-state index in [4.69, 9.17) is 5.73 Å². The highest BCUT2D eigenvalue weighted by molar-refractivity contribution is 6.02. The highest BCUT2D eigenvalue weighted by Crippen LogP contribution is 2.22. The second kappa shape index (κ2) is 6.25. The van der Waals surface area contributed by atoms with Crippen LogP contribution < -0.4 is 21.7 Å². The number of carbonyl (C=O) groups excluding carboxylic acids is 3. The summed E-state index contributed by atoms with van der Waals surface area (Å²) in [6, 6.07) is 4.30. The van der Waals surface area contributed by atoms with E-state index in [0.29, 0.717) is 29.9 Å². The summed E-state index contributed by atoms with van der Waals surface area (Å²) in [5.41, 5.74) is 7.27. The molecule has 1 aromatic carbocycles. The van der Waals surface area contributed by atoms with E-state index in [1.54, 1.807) is 18.2 Å². The van der Waals surface area contributed by atoms with Crippen LogP contribution >= 0.6 is 0 Å². The Morgan fingerprint density at radius 3 is 2.86 bits per heavy atom. The van der Waals surface area contributed by atoms with Crippen molar-refractivity contribution in [1.29, 1.82) is 0 Å². The van der Waals surface area contributed by atoms with Gasteiger partial charge in [0.1, 0.15) is 6.04 Å². The number of rotatable bonds is 4. The summed E-state index contributed by atoms with van der Waals surface area (Å²) in [5, 5.41) is 7.95. The van der Waals surface area contributed by atoms with Crippen LogP contribution in [0.15, 0.2) is 18.2 Å². The van der Waals surface area contributed by atoms with E-state index in [1.807, 2.05) is 6.92 Å². The molecule has 1 heterocycles. The molecule has 0 aliphatic carbocycles. The first-order chi connectivity index (χ1) is 10.0. The topological polar surface area (TPSA) is 113 Å². The van der Waals surface area contributed by atoms with Crippen LogP contribution in [0.1, 0.15) is 30.1 Å². The number of benzene rings is 1. The number of anilines is 2. The molecule has 0 aromatic heterocycles. The van der Waals surface area contributed by atoms with Crippen molar-refractivity contribution in [3.05, 3.63) is 23.8 Å². The number of carbonyl (C=O) groups is 3. The van der Waals surface area contributed by atoms with Gasteiger partial charge in [-0.05, 0) is 31.5 Å². The highest BCUT2D eigenvalue weighted by atomic mass is 16.2. The molecule has 21 heavy (non-hydrogen) atoms. The van der Waals surface area contributed by atoms with Crippen LogP contribution in [0.25, 0.3) is 0 Å². The minimum atomic E-state index is -0.533. The lowest BCUT2D eigenvalue weighted by molar-refractivity contribution is -0.133. The van der Waals surface area contributed by atoms with Crippen molar-refractivity contribution < 1.29 is 14.4 Å². The van der Waals surface area contributed by atoms with E-state index in [2.05, 4.69) is 16.0 Å². The van der Waals surface area contributed by atoms with E-state index >= 15 is 0 Å². The number of nitrogen functional groups attached to an aromatic ring is 1. The van der Waals surface area contributed by atoms with Crippen LogP contribution in [0.3, 0.4) is 0 Å². The molecule has 7 nitrogen and oxygen atoms in total. The Kier molecular flexibility index (Phi) is 4.42. The van der Waals surface area contributed by atoms with Crippen LogP contribution in [0.4, 0.5) is 11.4 Å². The quantitative estimate of drug-likeness (QED) is 0.468. The van der Waals surface area contributed by atoms with Gasteiger partial charge in [0.25, 0.3) is 5.91 Å². The number of nitrogens with one attached hydrogen (secondary N) is 3. The highest BCUT2D eigenvalue weighted by Gasteiger charge is 2.26. The molecular formula is C14H18N4O3. The van der Waals surface area contributed by atoms with Gasteiger partial charge < -0.3 is 16.4 Å². The van der Waals surface area contributed by atoms with Gasteiger partial charge in [0.05, 0.1) is 11.4 Å². The standard InChI is InChI=1S/C14H18N4O3/c1-2-16-13(20)8-3-4-9(15)11(7-8)17-10-5-6-12(19)18-14(10)21/h3-4,7,10,17H,2,5-6,15H2,1H3,(H,16,20)(H,18,19,21). The van der Waals surface area contributed by atoms with Crippen molar-refractivity contribution >= 4 is 29.1 Å². The Morgan fingerprint density at radius 1 is 1.43 bits per heavy atom. The average Bonchev–Trinajstić information content (AvgIpc) is 2.44. The van der Waals surface area contributed by atoms with Crippen LogP contribution in [0.5, 0.6) is 0 Å². The second-order valence-electron chi connectivity index (χ2n) is 4.81. The summed E-state index contributed by atoms with van der Waals surface area (Å²) >= 11 is 0. The zero-order chi connectivity index (χ0) is 15.4. The third-order valence-electron chi connectivity index (χ3n) is 3.22. The first kappa shape index (κ1) is 14.8. The van der Waals surface area contributed by atoms with Gasteiger partial charge in [-0.1, -0.05) is 0 Å². The van der Waals surface area contributed by atoms with Crippen LogP contribution in [-0.4, -0.2) is 30.3 Å². The van der Waals surface area contributed by atoms with Gasteiger partial charge in [0.2, 0.25) is 11.8 Å². The van der Waals surface area contributed by atoms with Crippen molar-refractivity contribution in [2.24, 2.45) is 0 Å². The molecule has 1 aliphatic rings. The third-order valence-corrected chi connectivity index (χ3v) is 3.22. The maximum absolute atomic E-state index is 11.8. The zero-order valence-electron chi connectivity index (χ0n) is 11.7. The SMILES string of the molecule is CCNC(=O)c1ccc(N)c(NC2CCC(=O)NC2=O)c1. The smallest absolute Gasteiger partial charge is 0.251 e. The Morgan fingerprint density at radius 2 is 2.19 bits per heavy atom. The molecule has 1 aromatic rings. The molecule has 3 amide bonds. The van der Waals surface area contributed by atoms with E-state index in [9.17, 15) is 14.4 Å². The lowest BCUT2D eigenvalue weighted by Gasteiger charge is -2.23. The van der Waals surface area contributed by atoms with Gasteiger partial charge in [0, 0.05) is 18.5 Å². The van der Waals surface area contributed by atoms with Gasteiger partial charge in [-0.15, -0.1) is 0 Å². The molecule has 1 fully saturated rings. The number of hydrogen-bond acceptors (Lipinski definition) is 5. The molecule has 0 saturated carbocycles. The van der Waals surface area contributed by atoms with Gasteiger partial charge in [-0.25, -0.2) is 0 Å². The molecule has 1 unspecified atom stereocenters. The van der Waals surface area contributed by atoms with Crippen LogP contribution in [0.2, 0.25) is 0 Å². The molecule has 0 radical (unpaired) electrons. The lowest BCUT2D eigenvalue weighted by atomic mass is 10.0. The van der Waals surface area contributed by atoms with Gasteiger partial charge in [0.15, 0.2) is 0 Å². The first-order valence-electron chi connectivity index (χ1n) is 6.79. The predicted octanol–water partition coefficient (Wildman–Crippen LogP) is 0.236. The van der Waals surface area contributed by atoms with Crippen molar-refractivity contribution in [3.8, 4) is 0 Å². The van der Waals surface area contributed by atoms with Crippen molar-refractivity contribution in [2.45, 2.75) is 25.8 Å².